The highest BCUT2D eigenvalue weighted by molar-refractivity contribution is 9.10. The number of hydrogen-bond acceptors (Lipinski definition) is 2. The Morgan fingerprint density at radius 3 is 2.47 bits per heavy atom. The Hall–Kier alpha value is -2.92. The lowest BCUT2D eigenvalue weighted by Crippen LogP contribution is -2.28. The molecule has 4 nitrogen and oxygen atoms in total. The van der Waals surface area contributed by atoms with Crippen molar-refractivity contribution in [3.63, 3.8) is 0 Å². The average molecular weight is 462 g/mol. The van der Waals surface area contributed by atoms with Gasteiger partial charge in [0.25, 0.3) is 5.91 Å². The number of amides is 1. The molecule has 0 saturated heterocycles. The van der Waals surface area contributed by atoms with Crippen LogP contribution in [0.3, 0.4) is 0 Å². The lowest BCUT2D eigenvalue weighted by Gasteiger charge is -2.16. The summed E-state index contributed by atoms with van der Waals surface area (Å²) in [6, 6.07) is 25.8. The van der Waals surface area contributed by atoms with Crippen molar-refractivity contribution in [1.29, 1.82) is 0 Å². The largest absolute Gasteiger partial charge is 0.342 e. The molecule has 0 aliphatic carbocycles. The molecule has 1 atom stereocenters. The Morgan fingerprint density at radius 2 is 1.70 bits per heavy atom. The standard InChI is InChI=1S/C25H24BrN3O/c1-18(27-25(30)20-13-15-21(26)16-14-20)24-28-22-11-5-6-12-23(22)29(24)17-7-10-19-8-3-2-4-9-19/h2-6,8-9,11-16,18H,7,10,17H2,1H3,(H,27,30). The monoisotopic (exact) mass is 461 g/mol. The Balaban J connectivity index is 1.54. The molecule has 0 saturated carbocycles. The van der Waals surface area contributed by atoms with Gasteiger partial charge >= 0.3 is 0 Å². The van der Waals surface area contributed by atoms with E-state index in [4.69, 9.17) is 4.98 Å². The van der Waals surface area contributed by atoms with Crippen molar-refractivity contribution in [3.05, 3.63) is 100 Å². The Kier molecular flexibility index (Phi) is 6.29. The van der Waals surface area contributed by atoms with Crippen LogP contribution in [0.2, 0.25) is 0 Å². The van der Waals surface area contributed by atoms with Crippen LogP contribution in [-0.4, -0.2) is 15.5 Å². The number of nitrogens with one attached hydrogen (secondary N) is 1. The zero-order chi connectivity index (χ0) is 20.9. The number of nitrogens with zero attached hydrogens (tertiary/aromatic N) is 2. The smallest absolute Gasteiger partial charge is 0.251 e. The van der Waals surface area contributed by atoms with Gasteiger partial charge in [0.15, 0.2) is 0 Å². The molecule has 0 bridgehead atoms. The number of carbonyl (C=O) groups is 1. The highest BCUT2D eigenvalue weighted by Gasteiger charge is 2.19. The number of benzene rings is 3. The van der Waals surface area contributed by atoms with Gasteiger partial charge in [0.05, 0.1) is 17.1 Å². The first-order valence-electron chi connectivity index (χ1n) is 10.2. The van der Waals surface area contributed by atoms with Crippen LogP contribution in [0, 0.1) is 0 Å². The van der Waals surface area contributed by atoms with Crippen molar-refractivity contribution >= 4 is 32.9 Å². The van der Waals surface area contributed by atoms with Gasteiger partial charge in [-0.1, -0.05) is 58.4 Å². The van der Waals surface area contributed by atoms with Gasteiger partial charge in [0.1, 0.15) is 5.82 Å². The van der Waals surface area contributed by atoms with Crippen molar-refractivity contribution in [3.8, 4) is 0 Å². The first kappa shape index (κ1) is 20.4. The van der Waals surface area contributed by atoms with Gasteiger partial charge in [-0.2, -0.15) is 0 Å². The third-order valence-corrected chi connectivity index (χ3v) is 5.74. The van der Waals surface area contributed by atoms with Crippen molar-refractivity contribution in [2.24, 2.45) is 0 Å². The van der Waals surface area contributed by atoms with Crippen LogP contribution in [0.15, 0.2) is 83.3 Å². The number of para-hydroxylation sites is 2. The topological polar surface area (TPSA) is 46.9 Å². The van der Waals surface area contributed by atoms with Crippen molar-refractivity contribution in [2.45, 2.75) is 32.4 Å². The van der Waals surface area contributed by atoms with E-state index in [0.29, 0.717) is 5.56 Å². The molecule has 152 valence electrons. The molecule has 4 aromatic rings. The summed E-state index contributed by atoms with van der Waals surface area (Å²) in [6.07, 6.45) is 2.01. The first-order chi connectivity index (χ1) is 14.6. The number of fused-ring (bicyclic) bond motifs is 1. The summed E-state index contributed by atoms with van der Waals surface area (Å²) in [5, 5.41) is 3.10. The van der Waals surface area contributed by atoms with E-state index in [9.17, 15) is 4.79 Å². The number of rotatable bonds is 7. The van der Waals surface area contributed by atoms with Crippen LogP contribution in [0.25, 0.3) is 11.0 Å². The van der Waals surface area contributed by atoms with E-state index in [1.54, 1.807) is 0 Å². The van der Waals surface area contributed by atoms with Gasteiger partial charge in [-0.15, -0.1) is 0 Å². The fraction of sp³-hybridized carbons (Fsp3) is 0.200. The molecular weight excluding hydrogens is 438 g/mol. The van der Waals surface area contributed by atoms with E-state index in [2.05, 4.69) is 56.1 Å². The van der Waals surface area contributed by atoms with E-state index in [1.165, 1.54) is 5.56 Å². The van der Waals surface area contributed by atoms with Gasteiger partial charge in [-0.3, -0.25) is 4.79 Å². The zero-order valence-electron chi connectivity index (χ0n) is 16.9. The summed E-state index contributed by atoms with van der Waals surface area (Å²) in [5.41, 5.74) is 4.03. The van der Waals surface area contributed by atoms with Crippen LogP contribution in [0.4, 0.5) is 0 Å². The molecule has 0 fully saturated rings. The van der Waals surface area contributed by atoms with Crippen molar-refractivity contribution < 1.29 is 4.79 Å². The van der Waals surface area contributed by atoms with Gasteiger partial charge in [0.2, 0.25) is 0 Å². The zero-order valence-corrected chi connectivity index (χ0v) is 18.5. The first-order valence-corrected chi connectivity index (χ1v) is 11.0. The molecule has 1 heterocycles. The molecule has 0 aliphatic heterocycles. The minimum absolute atomic E-state index is 0.0992. The fourth-order valence-corrected chi connectivity index (χ4v) is 3.96. The predicted molar refractivity (Wildman–Crippen MR) is 125 cm³/mol. The van der Waals surface area contributed by atoms with E-state index in [-0.39, 0.29) is 11.9 Å². The minimum Gasteiger partial charge on any atom is -0.342 e. The number of aryl methyl sites for hydroxylation is 2. The second-order valence-electron chi connectivity index (χ2n) is 7.40. The van der Waals surface area contributed by atoms with E-state index >= 15 is 0 Å². The summed E-state index contributed by atoms with van der Waals surface area (Å²) in [4.78, 5) is 17.5. The Labute approximate surface area is 185 Å². The second kappa shape index (κ2) is 9.26. The lowest BCUT2D eigenvalue weighted by molar-refractivity contribution is 0.0937. The fourth-order valence-electron chi connectivity index (χ4n) is 3.69. The Bertz CT molecular complexity index is 1140. The number of halogens is 1. The molecule has 1 unspecified atom stereocenters. The molecule has 30 heavy (non-hydrogen) atoms. The quantitative estimate of drug-likeness (QED) is 0.371. The number of aromatic nitrogens is 2. The summed E-state index contributed by atoms with van der Waals surface area (Å²) in [7, 11) is 0. The molecule has 1 N–H and O–H groups in total. The molecule has 1 aromatic heterocycles. The van der Waals surface area contributed by atoms with Gasteiger partial charge in [-0.05, 0) is 61.7 Å². The molecule has 4 rings (SSSR count). The number of hydrogen-bond donors (Lipinski definition) is 1. The third kappa shape index (κ3) is 4.62. The lowest BCUT2D eigenvalue weighted by atomic mass is 10.1. The minimum atomic E-state index is -0.203. The molecule has 5 heteroatoms. The summed E-state index contributed by atoms with van der Waals surface area (Å²) in [6.45, 7) is 2.84. The van der Waals surface area contributed by atoms with Gasteiger partial charge in [-0.25, -0.2) is 4.98 Å². The number of imidazole rings is 1. The molecular formula is C25H24BrN3O. The van der Waals surface area contributed by atoms with E-state index in [0.717, 1.165) is 40.7 Å². The second-order valence-corrected chi connectivity index (χ2v) is 8.32. The molecule has 3 aromatic carbocycles. The van der Waals surface area contributed by atoms with Gasteiger partial charge < -0.3 is 9.88 Å². The molecule has 0 aliphatic rings. The summed E-state index contributed by atoms with van der Waals surface area (Å²) < 4.78 is 3.19. The molecule has 0 spiro atoms. The Morgan fingerprint density at radius 1 is 1.00 bits per heavy atom. The summed E-state index contributed by atoms with van der Waals surface area (Å²) in [5.74, 6) is 0.785. The van der Waals surface area contributed by atoms with Crippen LogP contribution in [0.5, 0.6) is 0 Å². The SMILES string of the molecule is CC(NC(=O)c1ccc(Br)cc1)c1nc2ccccc2n1CCCc1ccccc1. The highest BCUT2D eigenvalue weighted by Crippen LogP contribution is 2.22. The number of carbonyl (C=O) groups excluding carboxylic acids is 1. The maximum atomic E-state index is 12.7. The van der Waals surface area contributed by atoms with Gasteiger partial charge in [0, 0.05) is 16.6 Å². The normalized spacial score (nSPS) is 12.1. The maximum Gasteiger partial charge on any atom is 0.251 e. The van der Waals surface area contributed by atoms with Crippen LogP contribution < -0.4 is 5.32 Å². The van der Waals surface area contributed by atoms with E-state index in [1.807, 2.05) is 55.5 Å². The summed E-state index contributed by atoms with van der Waals surface area (Å²) >= 11 is 3.41. The third-order valence-electron chi connectivity index (χ3n) is 5.22. The maximum absolute atomic E-state index is 12.7. The highest BCUT2D eigenvalue weighted by atomic mass is 79.9. The van der Waals surface area contributed by atoms with Crippen LogP contribution in [0.1, 0.15) is 41.1 Å². The van der Waals surface area contributed by atoms with Crippen molar-refractivity contribution in [2.75, 3.05) is 0 Å². The average Bonchev–Trinajstić information content (AvgIpc) is 3.14. The van der Waals surface area contributed by atoms with E-state index < -0.39 is 0 Å². The van der Waals surface area contributed by atoms with Crippen LogP contribution >= 0.6 is 15.9 Å². The van der Waals surface area contributed by atoms with Crippen LogP contribution in [-0.2, 0) is 13.0 Å². The predicted octanol–water partition coefficient (Wildman–Crippen LogP) is 5.92. The molecule has 0 radical (unpaired) electrons. The molecule has 1 amide bonds. The van der Waals surface area contributed by atoms with Crippen molar-refractivity contribution in [1.82, 2.24) is 14.9 Å².